The molecular weight excluding hydrogens is 222 g/mol. The van der Waals surface area contributed by atoms with E-state index in [-0.39, 0.29) is 5.56 Å². The molecule has 4 N–H and O–H groups in total. The maximum atomic E-state index is 11.1. The number of anilines is 1. The normalized spacial score (nSPS) is 10.7. The van der Waals surface area contributed by atoms with Crippen molar-refractivity contribution in [1.29, 1.82) is 0 Å². The van der Waals surface area contributed by atoms with E-state index in [0.717, 1.165) is 0 Å². The lowest BCUT2D eigenvalue weighted by molar-refractivity contribution is 0.0697. The number of nitrogens with two attached hydrogens (primary N) is 1. The molecule has 2 heterocycles. The fraction of sp³-hybridized carbons (Fsp3) is 0.300. The van der Waals surface area contributed by atoms with Gasteiger partial charge in [-0.1, -0.05) is 0 Å². The number of hydrogen-bond donors (Lipinski definition) is 3. The summed E-state index contributed by atoms with van der Waals surface area (Å²) in [6.45, 7) is 0.914. The highest BCUT2D eigenvalue weighted by Crippen LogP contribution is 2.25. The zero-order valence-corrected chi connectivity index (χ0v) is 9.34. The van der Waals surface area contributed by atoms with E-state index in [9.17, 15) is 4.79 Å². The number of aromatic nitrogens is 3. The van der Waals surface area contributed by atoms with Gasteiger partial charge in [0.25, 0.3) is 0 Å². The molecule has 7 nitrogen and oxygen atoms in total. The van der Waals surface area contributed by atoms with E-state index < -0.39 is 5.97 Å². The van der Waals surface area contributed by atoms with Gasteiger partial charge < -0.3 is 16.2 Å². The van der Waals surface area contributed by atoms with Crippen LogP contribution < -0.4 is 11.1 Å². The Morgan fingerprint density at radius 1 is 1.59 bits per heavy atom. The standard InChI is InChI=1S/C10H13N5O2/c1-15-9-6(5-14-15)8(12-3-2-11)7(4-13-9)10(16)17/h4-5H,2-3,11H2,1H3,(H,12,13)(H,16,17). The van der Waals surface area contributed by atoms with Crippen LogP contribution in [0.4, 0.5) is 5.69 Å². The smallest absolute Gasteiger partial charge is 0.339 e. The Morgan fingerprint density at radius 3 is 3.00 bits per heavy atom. The number of carboxylic acid groups (broad SMARTS) is 1. The summed E-state index contributed by atoms with van der Waals surface area (Å²) in [7, 11) is 1.75. The van der Waals surface area contributed by atoms with Gasteiger partial charge >= 0.3 is 5.97 Å². The molecule has 0 saturated heterocycles. The second-order valence-corrected chi connectivity index (χ2v) is 3.57. The molecule has 90 valence electrons. The van der Waals surface area contributed by atoms with E-state index in [2.05, 4.69) is 15.4 Å². The third kappa shape index (κ3) is 1.92. The molecule has 0 aromatic carbocycles. The van der Waals surface area contributed by atoms with Gasteiger partial charge in [0.05, 0.1) is 17.3 Å². The summed E-state index contributed by atoms with van der Waals surface area (Å²) in [6.07, 6.45) is 2.92. The predicted molar refractivity (Wildman–Crippen MR) is 63.0 cm³/mol. The highest BCUT2D eigenvalue weighted by atomic mass is 16.4. The van der Waals surface area contributed by atoms with Gasteiger partial charge in [-0.25, -0.2) is 9.78 Å². The van der Waals surface area contributed by atoms with Gasteiger partial charge in [0.1, 0.15) is 5.56 Å². The Kier molecular flexibility index (Phi) is 2.92. The average molecular weight is 235 g/mol. The molecule has 17 heavy (non-hydrogen) atoms. The molecule has 0 amide bonds. The molecule has 0 aliphatic heterocycles. The van der Waals surface area contributed by atoms with Crippen LogP contribution in [0.5, 0.6) is 0 Å². The number of aromatic carboxylic acids is 1. The lowest BCUT2D eigenvalue weighted by Crippen LogP contribution is -2.15. The van der Waals surface area contributed by atoms with Crippen molar-refractivity contribution >= 4 is 22.7 Å². The summed E-state index contributed by atoms with van der Waals surface area (Å²) < 4.78 is 1.59. The van der Waals surface area contributed by atoms with Crippen LogP contribution in [-0.4, -0.2) is 38.9 Å². The Labute approximate surface area is 97.2 Å². The van der Waals surface area contributed by atoms with Crippen molar-refractivity contribution in [3.8, 4) is 0 Å². The third-order valence-corrected chi connectivity index (χ3v) is 2.44. The molecule has 2 rings (SSSR count). The van der Waals surface area contributed by atoms with E-state index in [1.54, 1.807) is 17.9 Å². The van der Waals surface area contributed by atoms with E-state index >= 15 is 0 Å². The van der Waals surface area contributed by atoms with Crippen molar-refractivity contribution in [1.82, 2.24) is 14.8 Å². The van der Waals surface area contributed by atoms with Crippen LogP contribution in [0.1, 0.15) is 10.4 Å². The number of aryl methyl sites for hydroxylation is 1. The monoisotopic (exact) mass is 235 g/mol. The maximum absolute atomic E-state index is 11.1. The molecule has 2 aromatic heterocycles. The molecule has 0 atom stereocenters. The number of carbonyl (C=O) groups is 1. The Bertz CT molecular complexity index is 563. The predicted octanol–water partition coefficient (Wildman–Crippen LogP) is 0.0371. The molecule has 0 fully saturated rings. The van der Waals surface area contributed by atoms with Crippen molar-refractivity contribution < 1.29 is 9.90 Å². The fourth-order valence-electron chi connectivity index (χ4n) is 1.65. The van der Waals surface area contributed by atoms with Crippen molar-refractivity contribution in [2.45, 2.75) is 0 Å². The molecule has 0 aliphatic carbocycles. The summed E-state index contributed by atoms with van der Waals surface area (Å²) in [5, 5.41) is 16.8. The summed E-state index contributed by atoms with van der Waals surface area (Å²) in [6, 6.07) is 0. The van der Waals surface area contributed by atoms with Crippen LogP contribution in [0.2, 0.25) is 0 Å². The molecule has 0 aliphatic rings. The van der Waals surface area contributed by atoms with Crippen molar-refractivity contribution in [2.24, 2.45) is 12.8 Å². The highest BCUT2D eigenvalue weighted by Gasteiger charge is 2.16. The van der Waals surface area contributed by atoms with Crippen LogP contribution in [0.15, 0.2) is 12.4 Å². The minimum atomic E-state index is -1.03. The number of nitrogens with one attached hydrogen (secondary N) is 1. The first-order chi connectivity index (χ1) is 8.15. The van der Waals surface area contributed by atoms with Gasteiger partial charge in [-0.05, 0) is 0 Å². The minimum absolute atomic E-state index is 0.124. The molecule has 0 spiro atoms. The number of nitrogens with zero attached hydrogens (tertiary/aromatic N) is 3. The van der Waals surface area contributed by atoms with Crippen LogP contribution in [0.25, 0.3) is 11.0 Å². The van der Waals surface area contributed by atoms with Gasteiger partial charge in [-0.15, -0.1) is 0 Å². The number of carboxylic acids is 1. The van der Waals surface area contributed by atoms with E-state index in [1.807, 2.05) is 0 Å². The largest absolute Gasteiger partial charge is 0.478 e. The fourth-order valence-corrected chi connectivity index (χ4v) is 1.65. The Balaban J connectivity index is 2.62. The van der Waals surface area contributed by atoms with Crippen LogP contribution in [-0.2, 0) is 7.05 Å². The first-order valence-corrected chi connectivity index (χ1v) is 5.13. The third-order valence-electron chi connectivity index (χ3n) is 2.44. The topological polar surface area (TPSA) is 106 Å². The van der Waals surface area contributed by atoms with Gasteiger partial charge in [0, 0.05) is 26.3 Å². The number of rotatable bonds is 4. The minimum Gasteiger partial charge on any atom is -0.478 e. The molecule has 7 heteroatoms. The van der Waals surface area contributed by atoms with Gasteiger partial charge in [-0.3, -0.25) is 4.68 Å². The molecule has 0 bridgehead atoms. The van der Waals surface area contributed by atoms with Gasteiger partial charge in [0.15, 0.2) is 5.65 Å². The number of fused-ring (bicyclic) bond motifs is 1. The van der Waals surface area contributed by atoms with Crippen LogP contribution in [0.3, 0.4) is 0 Å². The molecule has 2 aromatic rings. The molecule has 0 radical (unpaired) electrons. The zero-order valence-electron chi connectivity index (χ0n) is 9.34. The average Bonchev–Trinajstić information content (AvgIpc) is 2.68. The first-order valence-electron chi connectivity index (χ1n) is 5.13. The summed E-state index contributed by atoms with van der Waals surface area (Å²) in [5.74, 6) is -1.03. The lowest BCUT2D eigenvalue weighted by Gasteiger charge is -2.09. The van der Waals surface area contributed by atoms with E-state index in [0.29, 0.717) is 29.8 Å². The summed E-state index contributed by atoms with van der Waals surface area (Å²) in [5.41, 5.74) is 6.68. The molecule has 0 saturated carbocycles. The van der Waals surface area contributed by atoms with Crippen molar-refractivity contribution in [2.75, 3.05) is 18.4 Å². The number of hydrogen-bond acceptors (Lipinski definition) is 5. The molecule has 0 unspecified atom stereocenters. The van der Waals surface area contributed by atoms with E-state index in [1.165, 1.54) is 6.20 Å². The maximum Gasteiger partial charge on any atom is 0.339 e. The Morgan fingerprint density at radius 2 is 2.35 bits per heavy atom. The zero-order chi connectivity index (χ0) is 12.4. The van der Waals surface area contributed by atoms with Crippen LogP contribution >= 0.6 is 0 Å². The van der Waals surface area contributed by atoms with Gasteiger partial charge in [-0.2, -0.15) is 5.10 Å². The van der Waals surface area contributed by atoms with Gasteiger partial charge in [0.2, 0.25) is 0 Å². The van der Waals surface area contributed by atoms with E-state index in [4.69, 9.17) is 10.8 Å². The lowest BCUT2D eigenvalue weighted by atomic mass is 10.2. The van der Waals surface area contributed by atoms with Crippen LogP contribution in [0, 0.1) is 0 Å². The second-order valence-electron chi connectivity index (χ2n) is 3.57. The SMILES string of the molecule is Cn1ncc2c(NCCN)c(C(=O)O)cnc21. The molecular formula is C10H13N5O2. The number of pyridine rings is 1. The highest BCUT2D eigenvalue weighted by molar-refractivity contribution is 6.03. The first kappa shape index (κ1) is 11.3. The van der Waals surface area contributed by atoms with Crippen molar-refractivity contribution in [3.63, 3.8) is 0 Å². The van der Waals surface area contributed by atoms with Crippen molar-refractivity contribution in [3.05, 3.63) is 18.0 Å². The Hall–Kier alpha value is -2.15. The summed E-state index contributed by atoms with van der Waals surface area (Å²) in [4.78, 5) is 15.2. The quantitative estimate of drug-likeness (QED) is 0.690. The second kappa shape index (κ2) is 4.38. The summed E-state index contributed by atoms with van der Waals surface area (Å²) >= 11 is 0.